The largest absolute Gasteiger partial charge is 0.496 e. The summed E-state index contributed by atoms with van der Waals surface area (Å²) in [6, 6.07) is 5.42. The van der Waals surface area contributed by atoms with Crippen molar-refractivity contribution < 1.29 is 19.0 Å². The highest BCUT2D eigenvalue weighted by Gasteiger charge is 2.13. The van der Waals surface area contributed by atoms with Crippen molar-refractivity contribution in [2.75, 3.05) is 60.2 Å². The van der Waals surface area contributed by atoms with Crippen LogP contribution in [0.25, 0.3) is 0 Å². The molecule has 1 saturated heterocycles. The molecule has 0 radical (unpaired) electrons. The maximum atomic E-state index is 11.9. The number of guanidine groups is 1. The van der Waals surface area contributed by atoms with Gasteiger partial charge in [0.15, 0.2) is 5.96 Å². The highest BCUT2D eigenvalue weighted by atomic mass is 127. The Hall–Kier alpha value is -1.59. The number of nitrogens with one attached hydrogen (secondary N) is 2. The molecule has 1 aromatic carbocycles. The number of benzene rings is 1. The molecule has 0 unspecified atom stereocenters. The number of esters is 1. The average Bonchev–Trinajstić information content (AvgIpc) is 2.74. The Kier molecular flexibility index (Phi) is 12.6. The number of hydrogen-bond acceptors (Lipinski definition) is 6. The first-order valence-electron chi connectivity index (χ1n) is 9.75. The van der Waals surface area contributed by atoms with Gasteiger partial charge >= 0.3 is 5.97 Å². The third kappa shape index (κ3) is 8.75. The van der Waals surface area contributed by atoms with Gasteiger partial charge < -0.3 is 24.8 Å². The van der Waals surface area contributed by atoms with Gasteiger partial charge in [-0.2, -0.15) is 0 Å². The quantitative estimate of drug-likeness (QED) is 0.169. The molecule has 0 aliphatic carbocycles. The normalized spacial score (nSPS) is 14.7. The maximum absolute atomic E-state index is 11.9. The van der Waals surface area contributed by atoms with Crippen molar-refractivity contribution >= 4 is 35.9 Å². The Morgan fingerprint density at radius 2 is 2.00 bits per heavy atom. The highest BCUT2D eigenvalue weighted by molar-refractivity contribution is 14.0. The summed E-state index contributed by atoms with van der Waals surface area (Å²) in [6.07, 6.45) is 1.04. The molecular formula is C20H33IN4O4. The van der Waals surface area contributed by atoms with E-state index in [0.29, 0.717) is 17.9 Å². The Bertz CT molecular complexity index is 651. The Labute approximate surface area is 190 Å². The molecule has 0 spiro atoms. The lowest BCUT2D eigenvalue weighted by Crippen LogP contribution is -2.40. The summed E-state index contributed by atoms with van der Waals surface area (Å²) >= 11 is 0. The minimum Gasteiger partial charge on any atom is -0.496 e. The highest BCUT2D eigenvalue weighted by Crippen LogP contribution is 2.21. The van der Waals surface area contributed by atoms with Crippen molar-refractivity contribution in [2.24, 2.45) is 4.99 Å². The fourth-order valence-corrected chi connectivity index (χ4v) is 2.97. The van der Waals surface area contributed by atoms with Crippen LogP contribution < -0.4 is 15.4 Å². The third-order valence-corrected chi connectivity index (χ3v) is 4.48. The molecule has 1 aliphatic heterocycles. The molecule has 1 heterocycles. The first-order chi connectivity index (χ1) is 13.7. The van der Waals surface area contributed by atoms with Crippen molar-refractivity contribution in [3.05, 3.63) is 29.3 Å². The monoisotopic (exact) mass is 520 g/mol. The van der Waals surface area contributed by atoms with Crippen LogP contribution in [0.4, 0.5) is 0 Å². The number of nitrogens with zero attached hydrogens (tertiary/aromatic N) is 2. The van der Waals surface area contributed by atoms with E-state index in [1.807, 2.05) is 13.0 Å². The minimum atomic E-state index is -0.421. The molecular weight excluding hydrogens is 487 g/mol. The first kappa shape index (κ1) is 25.4. The first-order valence-corrected chi connectivity index (χ1v) is 9.75. The van der Waals surface area contributed by atoms with Gasteiger partial charge in [0.25, 0.3) is 0 Å². The lowest BCUT2D eigenvalue weighted by Gasteiger charge is -2.26. The fourth-order valence-electron chi connectivity index (χ4n) is 2.97. The van der Waals surface area contributed by atoms with Crippen molar-refractivity contribution in [3.8, 4) is 5.75 Å². The molecule has 164 valence electrons. The van der Waals surface area contributed by atoms with Gasteiger partial charge in [0.05, 0.1) is 34.0 Å². The Morgan fingerprint density at radius 3 is 2.66 bits per heavy atom. The van der Waals surface area contributed by atoms with Crippen LogP contribution in [0, 0.1) is 0 Å². The average molecular weight is 520 g/mol. The Balaban J connectivity index is 0.00000420. The van der Waals surface area contributed by atoms with Gasteiger partial charge in [0.1, 0.15) is 11.3 Å². The zero-order valence-corrected chi connectivity index (χ0v) is 19.9. The predicted molar refractivity (Wildman–Crippen MR) is 124 cm³/mol. The molecule has 0 bridgehead atoms. The smallest absolute Gasteiger partial charge is 0.341 e. The SMILES string of the molecule is CCNC(=NCc1ccc(OC)c(C(=O)OC)c1)NCCCN1CCOCC1.I. The second kappa shape index (κ2) is 14.4. The standard InChI is InChI=1S/C20H32N4O4.HI/c1-4-21-20(22-8-5-9-24-10-12-28-13-11-24)23-15-16-6-7-18(26-2)17(14-16)19(25)27-3;/h6-7,14H,4-5,8-13,15H2,1-3H3,(H2,21,22,23);1H. The number of rotatable bonds is 9. The maximum Gasteiger partial charge on any atom is 0.341 e. The third-order valence-electron chi connectivity index (χ3n) is 4.48. The molecule has 2 N–H and O–H groups in total. The molecule has 0 atom stereocenters. The van der Waals surface area contributed by atoms with E-state index in [-0.39, 0.29) is 24.0 Å². The van der Waals surface area contributed by atoms with Gasteiger partial charge in [-0.1, -0.05) is 6.07 Å². The van der Waals surface area contributed by atoms with E-state index in [1.165, 1.54) is 14.2 Å². The van der Waals surface area contributed by atoms with Crippen LogP contribution in [-0.4, -0.2) is 77.0 Å². The summed E-state index contributed by atoms with van der Waals surface area (Å²) in [5.41, 5.74) is 1.31. The number of halogens is 1. The van der Waals surface area contributed by atoms with Gasteiger partial charge in [0.2, 0.25) is 0 Å². The van der Waals surface area contributed by atoms with Crippen molar-refractivity contribution in [2.45, 2.75) is 19.9 Å². The number of ether oxygens (including phenoxy) is 3. The number of morpholine rings is 1. The van der Waals surface area contributed by atoms with Crippen LogP contribution >= 0.6 is 24.0 Å². The van der Waals surface area contributed by atoms with Crippen molar-refractivity contribution in [3.63, 3.8) is 0 Å². The number of hydrogen-bond donors (Lipinski definition) is 2. The summed E-state index contributed by atoms with van der Waals surface area (Å²) in [5, 5.41) is 6.62. The lowest BCUT2D eigenvalue weighted by molar-refractivity contribution is 0.0376. The van der Waals surface area contributed by atoms with E-state index in [2.05, 4.69) is 20.5 Å². The second-order valence-corrected chi connectivity index (χ2v) is 6.46. The zero-order chi connectivity index (χ0) is 20.2. The van der Waals surface area contributed by atoms with Crippen LogP contribution in [0.2, 0.25) is 0 Å². The molecule has 29 heavy (non-hydrogen) atoms. The minimum absolute atomic E-state index is 0. The van der Waals surface area contributed by atoms with Crippen LogP contribution in [0.3, 0.4) is 0 Å². The number of aliphatic imine (C=N–C) groups is 1. The zero-order valence-electron chi connectivity index (χ0n) is 17.5. The lowest BCUT2D eigenvalue weighted by atomic mass is 10.1. The molecule has 1 fully saturated rings. The molecule has 0 amide bonds. The number of carbonyl (C=O) groups is 1. The van der Waals surface area contributed by atoms with Gasteiger partial charge in [0, 0.05) is 26.2 Å². The van der Waals surface area contributed by atoms with Crippen LogP contribution in [0.5, 0.6) is 5.75 Å². The molecule has 9 heteroatoms. The summed E-state index contributed by atoms with van der Waals surface area (Å²) in [4.78, 5) is 19.0. The van der Waals surface area contributed by atoms with Gasteiger partial charge in [-0.3, -0.25) is 4.90 Å². The van der Waals surface area contributed by atoms with E-state index in [4.69, 9.17) is 14.2 Å². The van der Waals surface area contributed by atoms with Gasteiger partial charge in [-0.25, -0.2) is 9.79 Å². The van der Waals surface area contributed by atoms with Crippen molar-refractivity contribution in [1.82, 2.24) is 15.5 Å². The molecule has 0 aromatic heterocycles. The summed E-state index contributed by atoms with van der Waals surface area (Å²) < 4.78 is 15.4. The molecule has 1 aromatic rings. The van der Waals surface area contributed by atoms with Gasteiger partial charge in [-0.15, -0.1) is 24.0 Å². The van der Waals surface area contributed by atoms with Gasteiger partial charge in [-0.05, 0) is 37.6 Å². The summed E-state index contributed by atoms with van der Waals surface area (Å²) in [5.74, 6) is 0.837. The topological polar surface area (TPSA) is 84.4 Å². The molecule has 8 nitrogen and oxygen atoms in total. The number of carbonyl (C=O) groups excluding carboxylic acids is 1. The predicted octanol–water partition coefficient (Wildman–Crippen LogP) is 1.88. The summed E-state index contributed by atoms with van der Waals surface area (Å²) in [6.45, 7) is 8.84. The van der Waals surface area contributed by atoms with Crippen LogP contribution in [0.1, 0.15) is 29.3 Å². The van der Waals surface area contributed by atoms with E-state index in [1.54, 1.807) is 12.1 Å². The second-order valence-electron chi connectivity index (χ2n) is 6.46. The van der Waals surface area contributed by atoms with E-state index in [9.17, 15) is 4.79 Å². The van der Waals surface area contributed by atoms with Crippen LogP contribution in [-0.2, 0) is 16.0 Å². The van der Waals surface area contributed by atoms with Crippen molar-refractivity contribution in [1.29, 1.82) is 0 Å². The van der Waals surface area contributed by atoms with Crippen LogP contribution in [0.15, 0.2) is 23.2 Å². The summed E-state index contributed by atoms with van der Waals surface area (Å²) in [7, 11) is 2.89. The van der Waals surface area contributed by atoms with E-state index < -0.39 is 5.97 Å². The molecule has 1 aliphatic rings. The molecule has 2 rings (SSSR count). The fraction of sp³-hybridized carbons (Fsp3) is 0.600. The number of methoxy groups -OCH3 is 2. The van der Waals surface area contributed by atoms with E-state index in [0.717, 1.165) is 63.9 Å². The Morgan fingerprint density at radius 1 is 1.24 bits per heavy atom. The van der Waals surface area contributed by atoms with E-state index >= 15 is 0 Å². The molecule has 0 saturated carbocycles.